The van der Waals surface area contributed by atoms with E-state index in [0.29, 0.717) is 0 Å². The Morgan fingerprint density at radius 2 is 1.33 bits per heavy atom. The molecule has 2 atom stereocenters. The van der Waals surface area contributed by atoms with Crippen LogP contribution in [-0.4, -0.2) is 16.6 Å². The summed E-state index contributed by atoms with van der Waals surface area (Å²) in [5.41, 5.74) is 12.3. The first-order chi connectivity index (χ1) is 28.2. The van der Waals surface area contributed by atoms with Crippen LogP contribution in [0.4, 0.5) is 0 Å². The van der Waals surface area contributed by atoms with Gasteiger partial charge in [0.05, 0.1) is 11.0 Å². The lowest BCUT2D eigenvalue weighted by Gasteiger charge is -2.33. The number of allylic oxidation sites excluding steroid dienone is 3. The van der Waals surface area contributed by atoms with Gasteiger partial charge < -0.3 is 18.7 Å². The molecule has 0 amide bonds. The molecule has 2 aliphatic rings. The van der Waals surface area contributed by atoms with Crippen LogP contribution < -0.4 is 10.6 Å². The van der Waals surface area contributed by atoms with E-state index >= 15 is 0 Å². The summed E-state index contributed by atoms with van der Waals surface area (Å²) in [5, 5.41) is 14.2. The summed E-state index contributed by atoms with van der Waals surface area (Å²) in [6.07, 6.45) is 8.36. The Morgan fingerprint density at radius 1 is 0.596 bits per heavy atom. The highest BCUT2D eigenvalue weighted by Crippen LogP contribution is 2.43. The average Bonchev–Trinajstić information content (AvgIpc) is 3.96. The number of para-hydroxylation sites is 3. The molecule has 10 aromatic rings. The number of nitrogens with zero attached hydrogens (tertiary/aromatic N) is 2. The minimum atomic E-state index is -0.127. The highest BCUT2D eigenvalue weighted by atomic mass is 16.3. The van der Waals surface area contributed by atoms with E-state index in [1.54, 1.807) is 0 Å². The number of amidine groups is 1. The second kappa shape index (κ2) is 12.7. The van der Waals surface area contributed by atoms with E-state index in [1.807, 2.05) is 0 Å². The third kappa shape index (κ3) is 5.11. The lowest BCUT2D eigenvalue weighted by Crippen LogP contribution is -2.49. The Kier molecular flexibility index (Phi) is 7.16. The standard InChI is InChI=1S/C51H36N4O2/c1-3-13-31(14-4-1)49-52-50(32-15-5-2-6-16-32)54-51(53-49)33-25-27-37-39-20-11-21-40(48(39)57-45(37)29-33)38-19-12-24-44-47(38)41-28-26-34(30-46(41)56-44)55-42-22-9-7-17-35(42)36-18-8-10-23-43(36)55/h1-5,7-15,17-30,49-50,52H,6,16H2,(H,53,54). The number of rotatable bonds is 5. The van der Waals surface area contributed by atoms with E-state index in [0.717, 1.165) is 84.9 Å². The van der Waals surface area contributed by atoms with Gasteiger partial charge in [-0.1, -0.05) is 121 Å². The van der Waals surface area contributed by atoms with Crippen molar-refractivity contribution in [3.05, 3.63) is 187 Å². The zero-order valence-electron chi connectivity index (χ0n) is 30.9. The first-order valence-corrected chi connectivity index (χ1v) is 19.7. The van der Waals surface area contributed by atoms with E-state index in [-0.39, 0.29) is 12.3 Å². The van der Waals surface area contributed by atoms with E-state index in [1.165, 1.54) is 32.9 Å². The molecule has 2 unspecified atom stereocenters. The van der Waals surface area contributed by atoms with Gasteiger partial charge in [0.1, 0.15) is 40.5 Å². The van der Waals surface area contributed by atoms with Crippen molar-refractivity contribution in [2.24, 2.45) is 4.99 Å². The van der Waals surface area contributed by atoms with Crippen molar-refractivity contribution in [1.82, 2.24) is 15.2 Å². The number of benzene rings is 7. The van der Waals surface area contributed by atoms with Crippen LogP contribution in [0.2, 0.25) is 0 Å². The molecule has 12 rings (SSSR count). The van der Waals surface area contributed by atoms with Crippen molar-refractivity contribution in [3.63, 3.8) is 0 Å². The molecule has 7 aromatic carbocycles. The van der Waals surface area contributed by atoms with Gasteiger partial charge in [-0.25, -0.2) is 4.99 Å². The van der Waals surface area contributed by atoms with E-state index in [9.17, 15) is 0 Å². The van der Waals surface area contributed by atoms with Crippen molar-refractivity contribution >= 4 is 71.5 Å². The molecule has 0 fully saturated rings. The van der Waals surface area contributed by atoms with Gasteiger partial charge in [0.2, 0.25) is 0 Å². The molecular weight excluding hydrogens is 701 g/mol. The third-order valence-corrected chi connectivity index (χ3v) is 11.8. The van der Waals surface area contributed by atoms with E-state index in [2.05, 4.69) is 185 Å². The SMILES string of the molecule is C1=CCCC(C2N=C(c3ccc4c(c3)oc3c(-c5cccc6oc7cc(-n8c9ccccc9c9ccccc98)ccc7c56)cccc34)NC(c3ccccc3)N2)=C1. The molecule has 3 aromatic heterocycles. The summed E-state index contributed by atoms with van der Waals surface area (Å²) >= 11 is 0. The van der Waals surface area contributed by atoms with Crippen molar-refractivity contribution in [2.45, 2.75) is 25.2 Å². The smallest absolute Gasteiger partial charge is 0.143 e. The maximum Gasteiger partial charge on any atom is 0.143 e. The lowest BCUT2D eigenvalue weighted by molar-refractivity contribution is 0.425. The molecule has 4 heterocycles. The number of aromatic nitrogens is 1. The van der Waals surface area contributed by atoms with Crippen LogP contribution in [0, 0.1) is 0 Å². The van der Waals surface area contributed by atoms with Gasteiger partial charge in [0.25, 0.3) is 0 Å². The summed E-state index contributed by atoms with van der Waals surface area (Å²) in [7, 11) is 0. The molecular formula is C51H36N4O2. The monoisotopic (exact) mass is 736 g/mol. The fourth-order valence-corrected chi connectivity index (χ4v) is 9.10. The molecule has 1 aliphatic heterocycles. The van der Waals surface area contributed by atoms with Crippen molar-refractivity contribution in [3.8, 4) is 16.8 Å². The molecule has 0 spiro atoms. The van der Waals surface area contributed by atoms with Crippen LogP contribution in [-0.2, 0) is 0 Å². The Bertz CT molecular complexity index is 3270. The number of hydrogen-bond donors (Lipinski definition) is 2. The van der Waals surface area contributed by atoms with Gasteiger partial charge in [-0.3, -0.25) is 5.32 Å². The third-order valence-electron chi connectivity index (χ3n) is 11.8. The quantitative estimate of drug-likeness (QED) is 0.185. The van der Waals surface area contributed by atoms with Crippen LogP contribution >= 0.6 is 0 Å². The zero-order valence-corrected chi connectivity index (χ0v) is 30.9. The van der Waals surface area contributed by atoms with Crippen LogP contribution in [0.5, 0.6) is 0 Å². The maximum absolute atomic E-state index is 6.86. The first-order valence-electron chi connectivity index (χ1n) is 19.7. The summed E-state index contributed by atoms with van der Waals surface area (Å²) in [5.74, 6) is 0.848. The topological polar surface area (TPSA) is 67.6 Å². The van der Waals surface area contributed by atoms with Crippen molar-refractivity contribution < 1.29 is 8.83 Å². The summed E-state index contributed by atoms with van der Waals surface area (Å²) in [6, 6.07) is 53.5. The predicted octanol–water partition coefficient (Wildman–Crippen LogP) is 12.5. The largest absolute Gasteiger partial charge is 0.456 e. The molecule has 0 bridgehead atoms. The van der Waals surface area contributed by atoms with Gasteiger partial charge in [0.15, 0.2) is 0 Å². The molecule has 6 heteroatoms. The average molecular weight is 737 g/mol. The molecule has 0 radical (unpaired) electrons. The fourth-order valence-electron chi connectivity index (χ4n) is 9.10. The van der Waals surface area contributed by atoms with Gasteiger partial charge in [-0.15, -0.1) is 0 Å². The number of hydrogen-bond acceptors (Lipinski definition) is 5. The molecule has 6 nitrogen and oxygen atoms in total. The van der Waals surface area contributed by atoms with E-state index < -0.39 is 0 Å². The maximum atomic E-state index is 6.86. The Hall–Kier alpha value is -7.15. The van der Waals surface area contributed by atoms with Gasteiger partial charge in [-0.05, 0) is 72.0 Å². The molecule has 272 valence electrons. The summed E-state index contributed by atoms with van der Waals surface area (Å²) < 4.78 is 15.8. The lowest BCUT2D eigenvalue weighted by atomic mass is 9.97. The number of aliphatic imine (C=N–C) groups is 1. The minimum absolute atomic E-state index is 0.0863. The van der Waals surface area contributed by atoms with Gasteiger partial charge in [0, 0.05) is 55.2 Å². The number of nitrogens with one attached hydrogen (secondary N) is 2. The summed E-state index contributed by atoms with van der Waals surface area (Å²) in [6.45, 7) is 0. The second-order valence-corrected chi connectivity index (χ2v) is 15.1. The number of furan rings is 2. The van der Waals surface area contributed by atoms with Gasteiger partial charge >= 0.3 is 0 Å². The van der Waals surface area contributed by atoms with Crippen LogP contribution in [0.1, 0.15) is 30.1 Å². The highest BCUT2D eigenvalue weighted by Gasteiger charge is 2.27. The van der Waals surface area contributed by atoms with Gasteiger partial charge in [-0.2, -0.15) is 0 Å². The van der Waals surface area contributed by atoms with E-state index in [4.69, 9.17) is 13.8 Å². The summed E-state index contributed by atoms with van der Waals surface area (Å²) in [4.78, 5) is 5.23. The molecule has 2 N–H and O–H groups in total. The first kappa shape index (κ1) is 32.1. The molecule has 0 saturated heterocycles. The molecule has 57 heavy (non-hydrogen) atoms. The minimum Gasteiger partial charge on any atom is -0.456 e. The fraction of sp³-hybridized carbons (Fsp3) is 0.0784. The predicted molar refractivity (Wildman–Crippen MR) is 233 cm³/mol. The zero-order chi connectivity index (χ0) is 37.5. The highest BCUT2D eigenvalue weighted by molar-refractivity contribution is 6.18. The Morgan fingerprint density at radius 3 is 2.16 bits per heavy atom. The molecule has 0 saturated carbocycles. The van der Waals surface area contributed by atoms with Crippen LogP contribution in [0.3, 0.4) is 0 Å². The van der Waals surface area contributed by atoms with Crippen molar-refractivity contribution in [2.75, 3.05) is 0 Å². The van der Waals surface area contributed by atoms with Crippen LogP contribution in [0.15, 0.2) is 189 Å². The van der Waals surface area contributed by atoms with Crippen molar-refractivity contribution in [1.29, 1.82) is 0 Å². The van der Waals surface area contributed by atoms with Crippen LogP contribution in [0.25, 0.3) is 82.5 Å². The normalized spacial score (nSPS) is 17.2. The number of fused-ring (bicyclic) bond motifs is 9. The molecule has 1 aliphatic carbocycles. The second-order valence-electron chi connectivity index (χ2n) is 15.1. The Balaban J connectivity index is 0.969. The Labute approximate surface area is 328 Å².